The van der Waals surface area contributed by atoms with Crippen LogP contribution in [0.5, 0.6) is 0 Å². The minimum atomic E-state index is -0.855. The molecule has 0 saturated carbocycles. The van der Waals surface area contributed by atoms with E-state index in [1.54, 1.807) is 0 Å². The van der Waals surface area contributed by atoms with Gasteiger partial charge in [-0.15, -0.1) is 0 Å². The molecular formula is C14H27KNO3-. The van der Waals surface area contributed by atoms with Gasteiger partial charge in [0.2, 0.25) is 0 Å². The summed E-state index contributed by atoms with van der Waals surface area (Å²) >= 11 is 0. The molecule has 0 bridgehead atoms. The number of unbranched alkanes of at least 4 members (excludes halogenated alkanes) is 2. The van der Waals surface area contributed by atoms with Crippen LogP contribution < -0.4 is 51.4 Å². The largest absolute Gasteiger partial charge is 1.00 e. The van der Waals surface area contributed by atoms with Crippen LogP contribution in [0.4, 0.5) is 0 Å². The summed E-state index contributed by atoms with van der Waals surface area (Å²) in [6.07, 6.45) is 7.29. The van der Waals surface area contributed by atoms with E-state index < -0.39 is 5.91 Å². The molecule has 0 saturated heterocycles. The number of carbonyl (C=O) groups excluding carboxylic acids is 2. The van der Waals surface area contributed by atoms with Crippen LogP contribution in [-0.2, 0) is 14.3 Å². The predicted octanol–water partition coefficient (Wildman–Crippen LogP) is 0.768. The van der Waals surface area contributed by atoms with Crippen LogP contribution in [0, 0.1) is 6.92 Å². The van der Waals surface area contributed by atoms with Crippen molar-refractivity contribution in [1.82, 2.24) is 0 Å². The minimum absolute atomic E-state index is 0. The van der Waals surface area contributed by atoms with Gasteiger partial charge in [-0.05, 0) is 18.6 Å². The Morgan fingerprint density at radius 3 is 2.05 bits per heavy atom. The second-order valence-corrected chi connectivity index (χ2v) is 3.39. The first-order valence-electron chi connectivity index (χ1n) is 6.34. The number of ether oxygens (including phenoxy) is 1. The Morgan fingerprint density at radius 1 is 1.26 bits per heavy atom. The van der Waals surface area contributed by atoms with Gasteiger partial charge in [0, 0.05) is 6.61 Å². The van der Waals surface area contributed by atoms with Gasteiger partial charge in [-0.1, -0.05) is 46.6 Å². The van der Waals surface area contributed by atoms with E-state index in [2.05, 4.69) is 27.7 Å². The smallest absolute Gasteiger partial charge is 0.664 e. The average Bonchev–Trinajstić information content (AvgIpc) is 2.34. The summed E-state index contributed by atoms with van der Waals surface area (Å²) in [6, 6.07) is 0. The van der Waals surface area contributed by atoms with Gasteiger partial charge in [0.05, 0.1) is 5.91 Å². The molecule has 0 aliphatic rings. The van der Waals surface area contributed by atoms with Crippen molar-refractivity contribution in [3.05, 3.63) is 24.8 Å². The van der Waals surface area contributed by atoms with Gasteiger partial charge in [-0.25, -0.2) is 0 Å². The zero-order valence-corrected chi connectivity index (χ0v) is 16.0. The molecule has 108 valence electrons. The van der Waals surface area contributed by atoms with Gasteiger partial charge in [0.1, 0.15) is 6.29 Å². The predicted molar refractivity (Wildman–Crippen MR) is 76.2 cm³/mol. The molecule has 0 radical (unpaired) electrons. The van der Waals surface area contributed by atoms with Crippen LogP contribution >= 0.6 is 0 Å². The maximum atomic E-state index is 9.62. The molecule has 0 heterocycles. The second-order valence-electron chi connectivity index (χ2n) is 3.39. The van der Waals surface area contributed by atoms with E-state index in [4.69, 9.17) is 10.5 Å². The fourth-order valence-electron chi connectivity index (χ4n) is 0.683. The molecule has 0 aliphatic carbocycles. The van der Waals surface area contributed by atoms with Crippen molar-refractivity contribution in [2.24, 2.45) is 0 Å². The molecular weight excluding hydrogens is 269 g/mol. The Kier molecular flexibility index (Phi) is 45.4. The van der Waals surface area contributed by atoms with Gasteiger partial charge in [-0.3, -0.25) is 4.79 Å². The third-order valence-electron chi connectivity index (χ3n) is 1.36. The number of carbonyl (C=O) groups is 2. The van der Waals surface area contributed by atoms with Crippen LogP contribution in [0.1, 0.15) is 46.5 Å². The molecule has 0 unspecified atom stereocenters. The Labute approximate surface area is 161 Å². The summed E-state index contributed by atoms with van der Waals surface area (Å²) < 4.78 is 5.02. The molecule has 0 spiro atoms. The van der Waals surface area contributed by atoms with Crippen LogP contribution in [0.15, 0.2) is 12.2 Å². The molecule has 1 amide bonds. The Bertz CT molecular complexity index is 191. The molecule has 0 aromatic rings. The molecule has 4 nitrogen and oxygen atoms in total. The fourth-order valence-corrected chi connectivity index (χ4v) is 0.683. The van der Waals surface area contributed by atoms with E-state index in [9.17, 15) is 9.59 Å². The van der Waals surface area contributed by atoms with Crippen LogP contribution in [0.2, 0.25) is 0 Å². The summed E-state index contributed by atoms with van der Waals surface area (Å²) in [4.78, 5) is 19.0. The third-order valence-corrected chi connectivity index (χ3v) is 1.36. The first-order chi connectivity index (χ1) is 8.60. The maximum absolute atomic E-state index is 9.62. The SMILES string of the molecule is CCC.[CH2-]COCCCCC.[K+].[NH-]C(=O)/C=C\C=O. The summed E-state index contributed by atoms with van der Waals surface area (Å²) in [7, 11) is 0. The number of aldehydes is 1. The van der Waals surface area contributed by atoms with E-state index in [1.807, 2.05) is 0 Å². The van der Waals surface area contributed by atoms with E-state index in [-0.39, 0.29) is 51.4 Å². The van der Waals surface area contributed by atoms with Crippen LogP contribution in [-0.4, -0.2) is 25.4 Å². The molecule has 19 heavy (non-hydrogen) atoms. The van der Waals surface area contributed by atoms with Crippen molar-refractivity contribution >= 4 is 12.2 Å². The average molecular weight is 296 g/mol. The van der Waals surface area contributed by atoms with Crippen molar-refractivity contribution in [1.29, 1.82) is 0 Å². The Morgan fingerprint density at radius 2 is 1.79 bits per heavy atom. The number of allylic oxidation sites excluding steroid dienone is 1. The molecule has 0 aliphatic heterocycles. The van der Waals surface area contributed by atoms with Crippen molar-refractivity contribution in [3.63, 3.8) is 0 Å². The van der Waals surface area contributed by atoms with E-state index in [1.165, 1.54) is 25.7 Å². The quantitative estimate of drug-likeness (QED) is 0.229. The number of amides is 1. The topological polar surface area (TPSA) is 67.2 Å². The van der Waals surface area contributed by atoms with Crippen molar-refractivity contribution in [2.75, 3.05) is 13.2 Å². The fraction of sp³-hybridized carbons (Fsp3) is 0.643. The summed E-state index contributed by atoms with van der Waals surface area (Å²) in [5.74, 6) is -0.855. The zero-order valence-electron chi connectivity index (χ0n) is 12.9. The molecule has 1 N–H and O–H groups in total. The number of nitrogens with one attached hydrogen (secondary N) is 1. The van der Waals surface area contributed by atoms with Crippen LogP contribution in [0.3, 0.4) is 0 Å². The molecule has 0 atom stereocenters. The molecule has 5 heteroatoms. The second kappa shape index (κ2) is 31.1. The van der Waals surface area contributed by atoms with Crippen molar-refractivity contribution in [2.45, 2.75) is 46.5 Å². The number of hydrogen-bond acceptors (Lipinski definition) is 3. The molecule has 0 aromatic heterocycles. The van der Waals surface area contributed by atoms with Gasteiger partial charge >= 0.3 is 51.4 Å². The number of hydrogen-bond donors (Lipinski definition) is 0. The Balaban J connectivity index is -0.0000000946. The van der Waals surface area contributed by atoms with Gasteiger partial charge in [0.15, 0.2) is 0 Å². The summed E-state index contributed by atoms with van der Waals surface area (Å²) in [6.45, 7) is 11.5. The minimum Gasteiger partial charge on any atom is -0.664 e. The first-order valence-corrected chi connectivity index (χ1v) is 6.34. The van der Waals surface area contributed by atoms with Gasteiger partial charge in [-0.2, -0.15) is 0 Å². The standard InChI is InChI=1S/C7H15O.C4H5NO2.C3H8.K/c1-3-5-6-7-8-4-2;5-4(7)2-1-3-6;1-3-2;/h2-7H2,1H3;1-3H,(H2,5,7);3H2,1-2H3;/q-1;;;+1/p-1/b;2-1-;;. The zero-order chi connectivity index (χ0) is 14.6. The van der Waals surface area contributed by atoms with Crippen molar-refractivity contribution in [3.8, 4) is 0 Å². The van der Waals surface area contributed by atoms with Crippen LogP contribution in [0.25, 0.3) is 5.73 Å². The summed E-state index contributed by atoms with van der Waals surface area (Å²) in [5.41, 5.74) is 6.20. The first kappa shape index (κ1) is 27.8. The van der Waals surface area contributed by atoms with Gasteiger partial charge < -0.3 is 22.2 Å². The van der Waals surface area contributed by atoms with E-state index >= 15 is 0 Å². The normalized spacial score (nSPS) is 8.42. The maximum Gasteiger partial charge on any atom is 1.00 e. The monoisotopic (exact) mass is 296 g/mol. The molecule has 0 fully saturated rings. The van der Waals surface area contributed by atoms with Gasteiger partial charge in [0.25, 0.3) is 0 Å². The Hall–Kier alpha value is 0.476. The third kappa shape index (κ3) is 55.9. The van der Waals surface area contributed by atoms with E-state index in [0.717, 1.165) is 18.8 Å². The molecule has 0 rings (SSSR count). The number of rotatable bonds is 7. The van der Waals surface area contributed by atoms with E-state index in [0.29, 0.717) is 12.9 Å². The molecule has 0 aromatic carbocycles. The van der Waals surface area contributed by atoms with Crippen molar-refractivity contribution < 1.29 is 65.7 Å². The summed E-state index contributed by atoms with van der Waals surface area (Å²) in [5, 5.41) is 0.